The molecule has 170 valence electrons. The van der Waals surface area contributed by atoms with Gasteiger partial charge in [0.25, 0.3) is 0 Å². The van der Waals surface area contributed by atoms with Crippen LogP contribution in [0.1, 0.15) is 44.2 Å². The van der Waals surface area contributed by atoms with Gasteiger partial charge in [-0.1, -0.05) is 12.1 Å². The van der Waals surface area contributed by atoms with Gasteiger partial charge in [-0.25, -0.2) is 0 Å². The number of hydrogen-bond donors (Lipinski definition) is 2. The molecule has 2 aliphatic heterocycles. The Balaban J connectivity index is 0.00000320. The number of benzene rings is 1. The zero-order chi connectivity index (χ0) is 20.5. The summed E-state index contributed by atoms with van der Waals surface area (Å²) in [7, 11) is 4.08. The molecular formula is C23H41IN6. The predicted molar refractivity (Wildman–Crippen MR) is 139 cm³/mol. The molecule has 1 aromatic carbocycles. The Labute approximate surface area is 200 Å². The van der Waals surface area contributed by atoms with Crippen molar-refractivity contribution in [1.82, 2.24) is 20.4 Å². The maximum absolute atomic E-state index is 4.43. The summed E-state index contributed by atoms with van der Waals surface area (Å²) in [5.41, 5.74) is 2.66. The topological polar surface area (TPSA) is 46.1 Å². The fourth-order valence-electron chi connectivity index (χ4n) is 4.28. The van der Waals surface area contributed by atoms with E-state index in [0.717, 1.165) is 25.5 Å². The number of nitrogens with one attached hydrogen (secondary N) is 2. The summed E-state index contributed by atoms with van der Waals surface area (Å²) >= 11 is 0. The van der Waals surface area contributed by atoms with Crippen LogP contribution in [-0.2, 0) is 0 Å². The number of halogens is 1. The van der Waals surface area contributed by atoms with Crippen molar-refractivity contribution in [3.8, 4) is 0 Å². The third kappa shape index (κ3) is 7.89. The number of likely N-dealkylation sites (N-methyl/N-ethyl adjacent to an activating group) is 1. The molecule has 2 N–H and O–H groups in total. The largest absolute Gasteiger partial charge is 0.372 e. The fourth-order valence-corrected chi connectivity index (χ4v) is 4.28. The lowest BCUT2D eigenvalue weighted by Gasteiger charge is -2.23. The van der Waals surface area contributed by atoms with Crippen LogP contribution in [0.15, 0.2) is 29.3 Å². The number of hydrogen-bond acceptors (Lipinski definition) is 4. The molecule has 0 aromatic heterocycles. The smallest absolute Gasteiger partial charge is 0.191 e. The standard InChI is InChI=1S/C23H40N6.HI/c1-20(21-9-6-10-22(19-21)29-15-4-5-16-29)26-23(24-2)25-11-7-13-28-14-8-12-27(3)17-18-28;/h6,9-10,19-20H,4-5,7-8,11-18H2,1-3H3,(H2,24,25,26);1H. The lowest BCUT2D eigenvalue weighted by molar-refractivity contribution is 0.274. The summed E-state index contributed by atoms with van der Waals surface area (Å²) in [6, 6.07) is 9.17. The van der Waals surface area contributed by atoms with Crippen molar-refractivity contribution < 1.29 is 0 Å². The lowest BCUT2D eigenvalue weighted by Crippen LogP contribution is -2.40. The molecule has 30 heavy (non-hydrogen) atoms. The van der Waals surface area contributed by atoms with Gasteiger partial charge in [0.2, 0.25) is 0 Å². The summed E-state index contributed by atoms with van der Waals surface area (Å²) in [4.78, 5) is 11.9. The van der Waals surface area contributed by atoms with Crippen molar-refractivity contribution in [3.63, 3.8) is 0 Å². The van der Waals surface area contributed by atoms with Gasteiger partial charge in [-0.05, 0) is 77.0 Å². The molecule has 2 fully saturated rings. The molecule has 1 aromatic rings. The minimum absolute atomic E-state index is 0. The molecule has 3 rings (SSSR count). The monoisotopic (exact) mass is 528 g/mol. The zero-order valence-corrected chi connectivity index (χ0v) is 21.4. The van der Waals surface area contributed by atoms with Crippen molar-refractivity contribution in [2.24, 2.45) is 4.99 Å². The Morgan fingerprint density at radius 3 is 2.63 bits per heavy atom. The van der Waals surface area contributed by atoms with E-state index in [1.54, 1.807) is 0 Å². The Hall–Kier alpha value is -1.06. The number of aliphatic imine (C=N–C) groups is 1. The van der Waals surface area contributed by atoms with E-state index in [1.807, 2.05) is 7.05 Å². The third-order valence-electron chi connectivity index (χ3n) is 6.17. The lowest BCUT2D eigenvalue weighted by atomic mass is 10.1. The van der Waals surface area contributed by atoms with Gasteiger partial charge in [-0.2, -0.15) is 0 Å². The zero-order valence-electron chi connectivity index (χ0n) is 19.1. The first kappa shape index (κ1) is 25.2. The van der Waals surface area contributed by atoms with Crippen molar-refractivity contribution in [2.45, 2.75) is 38.6 Å². The molecule has 6 nitrogen and oxygen atoms in total. The van der Waals surface area contributed by atoms with E-state index in [2.05, 4.69) is 68.6 Å². The molecule has 7 heteroatoms. The van der Waals surface area contributed by atoms with E-state index in [9.17, 15) is 0 Å². The second-order valence-corrected chi connectivity index (χ2v) is 8.51. The Morgan fingerprint density at radius 1 is 1.07 bits per heavy atom. The van der Waals surface area contributed by atoms with Crippen LogP contribution in [-0.4, -0.2) is 82.2 Å². The van der Waals surface area contributed by atoms with Gasteiger partial charge in [0.15, 0.2) is 5.96 Å². The average molecular weight is 529 g/mol. The van der Waals surface area contributed by atoms with Gasteiger partial charge < -0.3 is 25.3 Å². The Kier molecular flexibility index (Phi) is 11.2. The van der Waals surface area contributed by atoms with E-state index in [4.69, 9.17) is 0 Å². The maximum Gasteiger partial charge on any atom is 0.191 e. The SMILES string of the molecule is CN=C(NCCCN1CCCN(C)CC1)NC(C)c1cccc(N2CCCC2)c1.I. The minimum Gasteiger partial charge on any atom is -0.372 e. The Bertz CT molecular complexity index is 646. The highest BCUT2D eigenvalue weighted by Crippen LogP contribution is 2.23. The number of guanidine groups is 1. The van der Waals surface area contributed by atoms with Gasteiger partial charge in [0.1, 0.15) is 0 Å². The van der Waals surface area contributed by atoms with Gasteiger partial charge >= 0.3 is 0 Å². The van der Waals surface area contributed by atoms with E-state index < -0.39 is 0 Å². The van der Waals surface area contributed by atoms with Crippen LogP contribution in [0.2, 0.25) is 0 Å². The number of nitrogens with zero attached hydrogens (tertiary/aromatic N) is 4. The third-order valence-corrected chi connectivity index (χ3v) is 6.17. The van der Waals surface area contributed by atoms with Crippen LogP contribution in [0.4, 0.5) is 5.69 Å². The van der Waals surface area contributed by atoms with Crippen LogP contribution in [0, 0.1) is 0 Å². The molecule has 1 atom stereocenters. The molecule has 0 saturated carbocycles. The first-order valence-corrected chi connectivity index (χ1v) is 11.4. The van der Waals surface area contributed by atoms with Crippen molar-refractivity contribution in [1.29, 1.82) is 0 Å². The quantitative estimate of drug-likeness (QED) is 0.247. The molecule has 0 amide bonds. The van der Waals surface area contributed by atoms with Crippen molar-refractivity contribution >= 4 is 35.6 Å². The highest BCUT2D eigenvalue weighted by atomic mass is 127. The Morgan fingerprint density at radius 2 is 1.87 bits per heavy atom. The molecule has 0 bridgehead atoms. The summed E-state index contributed by atoms with van der Waals surface area (Å²) in [6.45, 7) is 11.5. The molecule has 0 radical (unpaired) electrons. The summed E-state index contributed by atoms with van der Waals surface area (Å²) in [5.74, 6) is 0.889. The first-order chi connectivity index (χ1) is 14.2. The molecule has 2 heterocycles. The fraction of sp³-hybridized carbons (Fsp3) is 0.696. The first-order valence-electron chi connectivity index (χ1n) is 11.4. The molecule has 0 aliphatic carbocycles. The second kappa shape index (κ2) is 13.4. The highest BCUT2D eigenvalue weighted by Gasteiger charge is 2.15. The predicted octanol–water partition coefficient (Wildman–Crippen LogP) is 3.16. The van der Waals surface area contributed by atoms with Crippen molar-refractivity contribution in [2.75, 3.05) is 71.4 Å². The van der Waals surface area contributed by atoms with E-state index in [0.29, 0.717) is 0 Å². The molecular weight excluding hydrogens is 487 g/mol. The number of rotatable bonds is 7. The number of anilines is 1. The maximum atomic E-state index is 4.43. The van der Waals surface area contributed by atoms with Crippen molar-refractivity contribution in [3.05, 3.63) is 29.8 Å². The summed E-state index contributed by atoms with van der Waals surface area (Å²) < 4.78 is 0. The second-order valence-electron chi connectivity index (χ2n) is 8.51. The normalized spacial score (nSPS) is 19.8. The van der Waals surface area contributed by atoms with Crippen LogP contribution in [0.25, 0.3) is 0 Å². The van der Waals surface area contributed by atoms with Gasteiger partial charge in [-0.15, -0.1) is 24.0 Å². The molecule has 2 aliphatic rings. The molecule has 0 spiro atoms. The summed E-state index contributed by atoms with van der Waals surface area (Å²) in [5, 5.41) is 7.05. The average Bonchev–Trinajstić information content (AvgIpc) is 3.20. The van der Waals surface area contributed by atoms with E-state index in [-0.39, 0.29) is 30.0 Å². The molecule has 1 unspecified atom stereocenters. The van der Waals surface area contributed by atoms with Crippen LogP contribution < -0.4 is 15.5 Å². The van der Waals surface area contributed by atoms with Gasteiger partial charge in [0.05, 0.1) is 6.04 Å². The molecule has 2 saturated heterocycles. The summed E-state index contributed by atoms with van der Waals surface area (Å²) in [6.07, 6.45) is 5.04. The highest BCUT2D eigenvalue weighted by molar-refractivity contribution is 14.0. The van der Waals surface area contributed by atoms with Crippen LogP contribution in [0.3, 0.4) is 0 Å². The van der Waals surface area contributed by atoms with E-state index >= 15 is 0 Å². The van der Waals surface area contributed by atoms with Gasteiger partial charge in [-0.3, -0.25) is 4.99 Å². The van der Waals surface area contributed by atoms with E-state index in [1.165, 1.54) is 69.8 Å². The minimum atomic E-state index is 0. The van der Waals surface area contributed by atoms with Crippen LogP contribution >= 0.6 is 24.0 Å². The van der Waals surface area contributed by atoms with Gasteiger partial charge in [0, 0.05) is 45.5 Å². The van der Waals surface area contributed by atoms with Crippen LogP contribution in [0.5, 0.6) is 0 Å².